The maximum atomic E-state index is 13.1. The quantitative estimate of drug-likeness (QED) is 0.681. The van der Waals surface area contributed by atoms with E-state index in [-0.39, 0.29) is 10.8 Å². The zero-order valence-corrected chi connectivity index (χ0v) is 17.6. The van der Waals surface area contributed by atoms with Gasteiger partial charge < -0.3 is 10.2 Å². The van der Waals surface area contributed by atoms with Crippen LogP contribution < -0.4 is 5.32 Å². The summed E-state index contributed by atoms with van der Waals surface area (Å²) >= 11 is 0. The lowest BCUT2D eigenvalue weighted by molar-refractivity contribution is 0.102. The molecule has 0 bridgehead atoms. The van der Waals surface area contributed by atoms with E-state index < -0.39 is 10.0 Å². The normalized spacial score (nSPS) is 15.9. The molecule has 0 saturated carbocycles. The second-order valence-electron chi connectivity index (χ2n) is 7.20. The van der Waals surface area contributed by atoms with Gasteiger partial charge in [-0.1, -0.05) is 25.1 Å². The lowest BCUT2D eigenvalue weighted by Crippen LogP contribution is -2.48. The van der Waals surface area contributed by atoms with E-state index in [9.17, 15) is 13.2 Å². The summed E-state index contributed by atoms with van der Waals surface area (Å²) in [5, 5.41) is 3.57. The van der Waals surface area contributed by atoms with Gasteiger partial charge in [-0.2, -0.15) is 4.31 Å². The maximum absolute atomic E-state index is 13.1. The van der Waals surface area contributed by atoms with Crippen molar-refractivity contribution < 1.29 is 13.2 Å². The highest BCUT2D eigenvalue weighted by Crippen LogP contribution is 2.23. The Morgan fingerprint density at radius 3 is 2.57 bits per heavy atom. The number of aromatic nitrogens is 1. The Morgan fingerprint density at radius 2 is 1.80 bits per heavy atom. The molecule has 156 valence electrons. The van der Waals surface area contributed by atoms with Crippen LogP contribution in [0, 0.1) is 0 Å². The lowest BCUT2D eigenvalue weighted by Gasteiger charge is -2.33. The van der Waals surface area contributed by atoms with Gasteiger partial charge in [0.05, 0.1) is 10.4 Å². The van der Waals surface area contributed by atoms with Crippen molar-refractivity contribution >= 4 is 32.5 Å². The average Bonchev–Trinajstić information content (AvgIpc) is 2.79. The number of pyridine rings is 1. The van der Waals surface area contributed by atoms with Crippen LogP contribution in [0.5, 0.6) is 0 Å². The van der Waals surface area contributed by atoms with Gasteiger partial charge in [0.25, 0.3) is 5.91 Å². The fraction of sp³-hybridized carbons (Fsp3) is 0.273. The molecule has 0 atom stereocenters. The standard InChI is InChI=1S/C22H24N4O3S/c1-2-25-12-14-26(15-13-25)30(28,29)18-7-3-6-17(16-18)24-22(27)20-8-4-10-21-19(20)9-5-11-23-21/h3-11,16H,2,12-15H2,1H3,(H,24,27). The van der Waals surface area contributed by atoms with Crippen LogP contribution in [0.1, 0.15) is 17.3 Å². The minimum absolute atomic E-state index is 0.185. The molecule has 7 nitrogen and oxygen atoms in total. The number of benzene rings is 2. The van der Waals surface area contributed by atoms with E-state index in [0.717, 1.165) is 30.5 Å². The van der Waals surface area contributed by atoms with Crippen molar-refractivity contribution in [3.63, 3.8) is 0 Å². The molecule has 1 amide bonds. The summed E-state index contributed by atoms with van der Waals surface area (Å²) in [5.74, 6) is -0.306. The van der Waals surface area contributed by atoms with Crippen LogP contribution in [0.25, 0.3) is 10.9 Å². The van der Waals surface area contributed by atoms with Crippen molar-refractivity contribution in [1.29, 1.82) is 0 Å². The third kappa shape index (κ3) is 4.07. The van der Waals surface area contributed by atoms with E-state index in [1.165, 1.54) is 10.4 Å². The number of rotatable bonds is 5. The summed E-state index contributed by atoms with van der Waals surface area (Å²) in [7, 11) is -3.61. The van der Waals surface area contributed by atoms with Gasteiger partial charge in [-0.3, -0.25) is 9.78 Å². The summed E-state index contributed by atoms with van der Waals surface area (Å²) in [6.45, 7) is 5.37. The van der Waals surface area contributed by atoms with Crippen molar-refractivity contribution in [3.8, 4) is 0 Å². The molecule has 1 aromatic heterocycles. The van der Waals surface area contributed by atoms with Gasteiger partial charge in [-0.15, -0.1) is 0 Å². The van der Waals surface area contributed by atoms with Crippen LogP contribution in [0.4, 0.5) is 5.69 Å². The van der Waals surface area contributed by atoms with E-state index in [4.69, 9.17) is 0 Å². The molecule has 0 unspecified atom stereocenters. The van der Waals surface area contributed by atoms with E-state index in [2.05, 4.69) is 22.1 Å². The van der Waals surface area contributed by atoms with Crippen LogP contribution >= 0.6 is 0 Å². The van der Waals surface area contributed by atoms with Crippen molar-refractivity contribution in [2.45, 2.75) is 11.8 Å². The monoisotopic (exact) mass is 424 g/mol. The first kappa shape index (κ1) is 20.5. The van der Waals surface area contributed by atoms with E-state index >= 15 is 0 Å². The minimum Gasteiger partial charge on any atom is -0.322 e. The SMILES string of the molecule is CCN1CCN(S(=O)(=O)c2cccc(NC(=O)c3cccc4ncccc34)c2)CC1. The van der Waals surface area contributed by atoms with Crippen LogP contribution in [-0.2, 0) is 10.0 Å². The molecule has 4 rings (SSSR count). The Morgan fingerprint density at radius 1 is 1.03 bits per heavy atom. The fourth-order valence-corrected chi connectivity index (χ4v) is 5.14. The molecule has 0 radical (unpaired) electrons. The largest absolute Gasteiger partial charge is 0.322 e. The average molecular weight is 425 g/mol. The molecule has 1 N–H and O–H groups in total. The van der Waals surface area contributed by atoms with Gasteiger partial charge in [0.1, 0.15) is 0 Å². The second-order valence-corrected chi connectivity index (χ2v) is 9.13. The van der Waals surface area contributed by atoms with Crippen LogP contribution in [0.15, 0.2) is 65.7 Å². The zero-order chi connectivity index (χ0) is 21.1. The first-order valence-corrected chi connectivity index (χ1v) is 11.4. The molecule has 30 heavy (non-hydrogen) atoms. The molecule has 0 spiro atoms. The number of hydrogen-bond donors (Lipinski definition) is 1. The van der Waals surface area contributed by atoms with E-state index in [1.54, 1.807) is 42.6 Å². The molecule has 1 fully saturated rings. The molecule has 1 aliphatic rings. The lowest BCUT2D eigenvalue weighted by atomic mass is 10.1. The number of sulfonamides is 1. The number of anilines is 1. The highest BCUT2D eigenvalue weighted by atomic mass is 32.2. The van der Waals surface area contributed by atoms with Crippen molar-refractivity contribution in [3.05, 3.63) is 66.4 Å². The molecular formula is C22H24N4O3S. The number of likely N-dealkylation sites (N-methyl/N-ethyl adjacent to an activating group) is 1. The Balaban J connectivity index is 1.55. The molecule has 8 heteroatoms. The van der Waals surface area contributed by atoms with Gasteiger partial charge in [0, 0.05) is 49.0 Å². The number of carbonyl (C=O) groups excluding carboxylic acids is 1. The highest BCUT2D eigenvalue weighted by Gasteiger charge is 2.28. The zero-order valence-electron chi connectivity index (χ0n) is 16.8. The summed E-state index contributed by atoms with van der Waals surface area (Å²) in [6.07, 6.45) is 1.68. The van der Waals surface area contributed by atoms with Gasteiger partial charge in [-0.25, -0.2) is 8.42 Å². The number of piperazine rings is 1. The molecule has 3 aromatic rings. The summed E-state index contributed by atoms with van der Waals surface area (Å²) < 4.78 is 27.6. The van der Waals surface area contributed by atoms with Gasteiger partial charge >= 0.3 is 0 Å². The number of fused-ring (bicyclic) bond motifs is 1. The molecule has 1 aliphatic heterocycles. The highest BCUT2D eigenvalue weighted by molar-refractivity contribution is 7.89. The van der Waals surface area contributed by atoms with Gasteiger partial charge in [-0.05, 0) is 42.9 Å². The third-order valence-corrected chi connectivity index (χ3v) is 7.29. The van der Waals surface area contributed by atoms with Crippen LogP contribution in [-0.4, -0.2) is 61.2 Å². The Bertz CT molecular complexity index is 1170. The summed E-state index contributed by atoms with van der Waals surface area (Å²) in [6, 6.07) is 15.4. The molecule has 1 saturated heterocycles. The second kappa shape index (κ2) is 8.51. The number of carbonyl (C=O) groups is 1. The van der Waals surface area contributed by atoms with Crippen molar-refractivity contribution in [1.82, 2.24) is 14.2 Å². The Labute approximate surface area is 176 Å². The Hall–Kier alpha value is -2.81. The minimum atomic E-state index is -3.61. The van der Waals surface area contributed by atoms with Gasteiger partial charge in [0.15, 0.2) is 0 Å². The predicted octanol–water partition coefficient (Wildman–Crippen LogP) is 2.81. The van der Waals surface area contributed by atoms with E-state index in [0.29, 0.717) is 24.3 Å². The van der Waals surface area contributed by atoms with Crippen molar-refractivity contribution in [2.75, 3.05) is 38.0 Å². The maximum Gasteiger partial charge on any atom is 0.256 e. The van der Waals surface area contributed by atoms with Crippen LogP contribution in [0.3, 0.4) is 0 Å². The predicted molar refractivity (Wildman–Crippen MR) is 117 cm³/mol. The molecule has 2 heterocycles. The van der Waals surface area contributed by atoms with Crippen molar-refractivity contribution in [2.24, 2.45) is 0 Å². The van der Waals surface area contributed by atoms with Crippen LogP contribution in [0.2, 0.25) is 0 Å². The topological polar surface area (TPSA) is 82.6 Å². The Kier molecular flexibility index (Phi) is 5.80. The summed E-state index contributed by atoms with van der Waals surface area (Å²) in [4.78, 5) is 19.5. The van der Waals surface area contributed by atoms with E-state index in [1.807, 2.05) is 12.1 Å². The first-order chi connectivity index (χ1) is 14.5. The third-order valence-electron chi connectivity index (χ3n) is 5.40. The molecule has 0 aliphatic carbocycles. The molecular weight excluding hydrogens is 400 g/mol. The number of nitrogens with zero attached hydrogens (tertiary/aromatic N) is 3. The number of amides is 1. The molecule has 2 aromatic carbocycles. The first-order valence-electron chi connectivity index (χ1n) is 9.96. The fourth-order valence-electron chi connectivity index (χ4n) is 3.67. The summed E-state index contributed by atoms with van der Waals surface area (Å²) in [5.41, 5.74) is 1.66. The smallest absolute Gasteiger partial charge is 0.256 e. The number of nitrogens with one attached hydrogen (secondary N) is 1. The van der Waals surface area contributed by atoms with Gasteiger partial charge in [0.2, 0.25) is 10.0 Å². The number of hydrogen-bond acceptors (Lipinski definition) is 5.